The Kier molecular flexibility index (Phi) is 7.60. The number of rotatable bonds is 9. The number of carbonyl (C=O) groups excluding carboxylic acids is 2. The molecule has 10 nitrogen and oxygen atoms in total. The van der Waals surface area contributed by atoms with Gasteiger partial charge in [0.2, 0.25) is 5.91 Å². The van der Waals surface area contributed by atoms with Crippen molar-refractivity contribution in [2.45, 2.75) is 11.0 Å². The maximum absolute atomic E-state index is 12.8. The van der Waals surface area contributed by atoms with Crippen molar-refractivity contribution in [2.24, 2.45) is 0 Å². The SMILES string of the molecule is N#CCNC(=O)C(CNC(=O)c1ccccc1)S(=O)(=O)Cc1ccc([N+](=O)[O-])cc1. The highest BCUT2D eigenvalue weighted by molar-refractivity contribution is 7.92. The monoisotopic (exact) mass is 430 g/mol. The van der Waals surface area contributed by atoms with E-state index in [1.165, 1.54) is 24.3 Å². The molecule has 0 saturated carbocycles. The van der Waals surface area contributed by atoms with Gasteiger partial charge in [-0.25, -0.2) is 8.42 Å². The van der Waals surface area contributed by atoms with Crippen LogP contribution in [0.1, 0.15) is 15.9 Å². The predicted molar refractivity (Wildman–Crippen MR) is 107 cm³/mol. The second kappa shape index (κ2) is 10.1. The van der Waals surface area contributed by atoms with Gasteiger partial charge in [-0.15, -0.1) is 0 Å². The Morgan fingerprint density at radius 2 is 1.70 bits per heavy atom. The highest BCUT2D eigenvalue weighted by Crippen LogP contribution is 2.16. The number of nitriles is 1. The van der Waals surface area contributed by atoms with Crippen LogP contribution in [-0.2, 0) is 20.4 Å². The first-order valence-corrected chi connectivity index (χ1v) is 10.4. The highest BCUT2D eigenvalue weighted by Gasteiger charge is 2.33. The average Bonchev–Trinajstić information content (AvgIpc) is 2.72. The Labute approximate surface area is 172 Å². The molecule has 156 valence electrons. The Morgan fingerprint density at radius 1 is 1.07 bits per heavy atom. The van der Waals surface area contributed by atoms with E-state index in [0.29, 0.717) is 5.56 Å². The maximum atomic E-state index is 12.8. The quantitative estimate of drug-likeness (QED) is 0.340. The van der Waals surface area contributed by atoms with Gasteiger partial charge in [0.05, 0.1) is 16.7 Å². The van der Waals surface area contributed by atoms with Crippen LogP contribution in [0.3, 0.4) is 0 Å². The van der Waals surface area contributed by atoms with Crippen LogP contribution >= 0.6 is 0 Å². The van der Waals surface area contributed by atoms with E-state index in [0.717, 1.165) is 12.1 Å². The third-order valence-electron chi connectivity index (χ3n) is 4.07. The molecule has 2 N–H and O–H groups in total. The van der Waals surface area contributed by atoms with Gasteiger partial charge in [-0.2, -0.15) is 5.26 Å². The summed E-state index contributed by atoms with van der Waals surface area (Å²) in [5, 5.41) is 22.3. The number of nitro groups is 1. The van der Waals surface area contributed by atoms with Crippen LogP contribution in [0.25, 0.3) is 0 Å². The molecule has 0 fully saturated rings. The molecular formula is C19H18N4O6S. The molecule has 0 aliphatic heterocycles. The summed E-state index contributed by atoms with van der Waals surface area (Å²) in [6.07, 6.45) is 0. The van der Waals surface area contributed by atoms with E-state index in [2.05, 4.69) is 10.6 Å². The van der Waals surface area contributed by atoms with Crippen molar-refractivity contribution < 1.29 is 22.9 Å². The largest absolute Gasteiger partial charge is 0.350 e. The lowest BCUT2D eigenvalue weighted by Crippen LogP contribution is -2.47. The standard InChI is InChI=1S/C19H18N4O6S/c20-10-11-21-19(25)17(12-22-18(24)15-4-2-1-3-5-15)30(28,29)13-14-6-8-16(9-7-14)23(26)27/h1-9,17H,11-13H2,(H,21,25)(H,22,24). The van der Waals surface area contributed by atoms with Crippen LogP contribution in [0.5, 0.6) is 0 Å². The van der Waals surface area contributed by atoms with Crippen LogP contribution < -0.4 is 10.6 Å². The molecule has 0 saturated heterocycles. The number of nitrogens with one attached hydrogen (secondary N) is 2. The summed E-state index contributed by atoms with van der Waals surface area (Å²) in [6.45, 7) is -0.894. The average molecular weight is 430 g/mol. The fourth-order valence-corrected chi connectivity index (χ4v) is 4.15. The fourth-order valence-electron chi connectivity index (χ4n) is 2.55. The van der Waals surface area contributed by atoms with Gasteiger partial charge >= 0.3 is 0 Å². The van der Waals surface area contributed by atoms with Crippen LogP contribution in [0.4, 0.5) is 5.69 Å². The number of sulfone groups is 1. The summed E-state index contributed by atoms with van der Waals surface area (Å²) in [4.78, 5) is 34.7. The summed E-state index contributed by atoms with van der Waals surface area (Å²) >= 11 is 0. The molecule has 0 heterocycles. The Hall–Kier alpha value is -3.78. The third-order valence-corrected chi connectivity index (χ3v) is 6.05. The molecule has 0 spiro atoms. The lowest BCUT2D eigenvalue weighted by molar-refractivity contribution is -0.384. The number of hydrogen-bond acceptors (Lipinski definition) is 7. The molecule has 2 aromatic carbocycles. The maximum Gasteiger partial charge on any atom is 0.269 e. The van der Waals surface area contributed by atoms with Crippen molar-refractivity contribution in [3.63, 3.8) is 0 Å². The predicted octanol–water partition coefficient (Wildman–Crippen LogP) is 0.948. The minimum Gasteiger partial charge on any atom is -0.350 e. The fraction of sp³-hybridized carbons (Fsp3) is 0.211. The van der Waals surface area contributed by atoms with Crippen molar-refractivity contribution in [3.8, 4) is 6.07 Å². The molecule has 1 atom stereocenters. The van der Waals surface area contributed by atoms with Crippen molar-refractivity contribution in [1.82, 2.24) is 10.6 Å². The number of amides is 2. The second-order valence-corrected chi connectivity index (χ2v) is 8.35. The van der Waals surface area contributed by atoms with Crippen molar-refractivity contribution in [2.75, 3.05) is 13.1 Å². The first-order valence-electron chi connectivity index (χ1n) is 8.67. The zero-order valence-corrected chi connectivity index (χ0v) is 16.5. The first-order chi connectivity index (χ1) is 14.2. The molecule has 0 radical (unpaired) electrons. The third kappa shape index (κ3) is 6.11. The molecule has 2 amide bonds. The van der Waals surface area contributed by atoms with Crippen molar-refractivity contribution in [1.29, 1.82) is 5.26 Å². The lowest BCUT2D eigenvalue weighted by Gasteiger charge is -2.17. The number of nitro benzene ring substituents is 1. The highest BCUT2D eigenvalue weighted by atomic mass is 32.2. The van der Waals surface area contributed by atoms with Crippen molar-refractivity contribution in [3.05, 3.63) is 75.8 Å². The van der Waals surface area contributed by atoms with E-state index in [-0.39, 0.29) is 11.3 Å². The molecule has 2 aromatic rings. The minimum atomic E-state index is -4.12. The molecule has 0 aromatic heterocycles. The van der Waals surface area contributed by atoms with Gasteiger partial charge in [0.1, 0.15) is 6.54 Å². The number of carbonyl (C=O) groups is 2. The Morgan fingerprint density at radius 3 is 2.27 bits per heavy atom. The van der Waals surface area contributed by atoms with Crippen molar-refractivity contribution >= 4 is 27.3 Å². The van der Waals surface area contributed by atoms with Crippen LogP contribution in [0.2, 0.25) is 0 Å². The summed E-state index contributed by atoms with van der Waals surface area (Å²) < 4.78 is 25.7. The minimum absolute atomic E-state index is 0.199. The van der Waals surface area contributed by atoms with E-state index in [4.69, 9.17) is 5.26 Å². The van der Waals surface area contributed by atoms with Gasteiger partial charge in [-0.3, -0.25) is 19.7 Å². The van der Waals surface area contributed by atoms with E-state index >= 15 is 0 Å². The molecule has 30 heavy (non-hydrogen) atoms. The van der Waals surface area contributed by atoms with E-state index in [1.807, 2.05) is 0 Å². The Balaban J connectivity index is 2.19. The van der Waals surface area contributed by atoms with Gasteiger partial charge in [-0.05, 0) is 17.7 Å². The summed E-state index contributed by atoms with van der Waals surface area (Å²) in [6, 6.07) is 14.6. The Bertz CT molecular complexity index is 1060. The normalized spacial score (nSPS) is 11.7. The summed E-state index contributed by atoms with van der Waals surface area (Å²) in [5.41, 5.74) is 0.337. The van der Waals surface area contributed by atoms with Gasteiger partial charge in [-0.1, -0.05) is 30.3 Å². The first kappa shape index (κ1) is 22.5. The van der Waals surface area contributed by atoms with E-state index in [1.54, 1.807) is 24.3 Å². The van der Waals surface area contributed by atoms with Gasteiger partial charge in [0, 0.05) is 24.2 Å². The molecule has 0 bridgehead atoms. The van der Waals surface area contributed by atoms with Crippen LogP contribution in [0.15, 0.2) is 54.6 Å². The number of hydrogen-bond donors (Lipinski definition) is 2. The number of nitrogens with zero attached hydrogens (tertiary/aromatic N) is 2. The smallest absolute Gasteiger partial charge is 0.269 e. The molecule has 0 aliphatic rings. The molecule has 1 unspecified atom stereocenters. The van der Waals surface area contributed by atoms with Gasteiger partial charge < -0.3 is 10.6 Å². The number of non-ortho nitro benzene ring substituents is 1. The molecule has 0 aliphatic carbocycles. The van der Waals surface area contributed by atoms with Gasteiger partial charge in [0.15, 0.2) is 15.1 Å². The zero-order valence-electron chi connectivity index (χ0n) is 15.6. The number of benzene rings is 2. The molecular weight excluding hydrogens is 412 g/mol. The zero-order chi connectivity index (χ0) is 22.1. The van der Waals surface area contributed by atoms with E-state index < -0.39 is 50.7 Å². The van der Waals surface area contributed by atoms with Crippen LogP contribution in [-0.4, -0.2) is 43.5 Å². The second-order valence-electron chi connectivity index (χ2n) is 6.17. The topological polar surface area (TPSA) is 159 Å². The van der Waals surface area contributed by atoms with E-state index in [9.17, 15) is 28.1 Å². The van der Waals surface area contributed by atoms with Gasteiger partial charge in [0.25, 0.3) is 11.6 Å². The molecule has 2 rings (SSSR count). The summed E-state index contributed by atoms with van der Waals surface area (Å²) in [7, 11) is -4.12. The summed E-state index contributed by atoms with van der Waals surface area (Å²) in [5.74, 6) is -2.05. The van der Waals surface area contributed by atoms with Crippen LogP contribution in [0, 0.1) is 21.4 Å². The molecule has 11 heteroatoms. The lowest BCUT2D eigenvalue weighted by atomic mass is 10.2.